The topological polar surface area (TPSA) is 76.1 Å². The van der Waals surface area contributed by atoms with Crippen LogP contribution >= 0.6 is 11.6 Å². The number of halogens is 1. The molecule has 1 heterocycles. The molecule has 27 heavy (non-hydrogen) atoms. The maximum Gasteiger partial charge on any atom is 0.275 e. The third-order valence-corrected chi connectivity index (χ3v) is 4.17. The SMILES string of the molecule is COc1ccc(Cl)cc1NC(=O)c1cnc(Nc2ccc(C)cc2C)cn1. The molecule has 138 valence electrons. The van der Waals surface area contributed by atoms with E-state index in [9.17, 15) is 4.79 Å². The summed E-state index contributed by atoms with van der Waals surface area (Å²) in [4.78, 5) is 20.9. The van der Waals surface area contributed by atoms with Crippen LogP contribution in [0.15, 0.2) is 48.8 Å². The fourth-order valence-electron chi connectivity index (χ4n) is 2.57. The molecule has 0 bridgehead atoms. The summed E-state index contributed by atoms with van der Waals surface area (Å²) < 4.78 is 5.22. The summed E-state index contributed by atoms with van der Waals surface area (Å²) in [6.07, 6.45) is 2.93. The van der Waals surface area contributed by atoms with Gasteiger partial charge in [0.2, 0.25) is 0 Å². The van der Waals surface area contributed by atoms with Gasteiger partial charge in [0, 0.05) is 10.7 Å². The Balaban J connectivity index is 1.73. The Morgan fingerprint density at radius 3 is 2.52 bits per heavy atom. The predicted octanol–water partition coefficient (Wildman–Crippen LogP) is 4.75. The van der Waals surface area contributed by atoms with Gasteiger partial charge in [-0.3, -0.25) is 4.79 Å². The fraction of sp³-hybridized carbons (Fsp3) is 0.150. The highest BCUT2D eigenvalue weighted by atomic mass is 35.5. The lowest BCUT2D eigenvalue weighted by Gasteiger charge is -2.11. The van der Waals surface area contributed by atoms with Gasteiger partial charge in [0.1, 0.15) is 17.3 Å². The Bertz CT molecular complexity index is 974. The molecule has 7 heteroatoms. The number of anilines is 3. The summed E-state index contributed by atoms with van der Waals surface area (Å²) in [5.41, 5.74) is 3.88. The van der Waals surface area contributed by atoms with Crippen molar-refractivity contribution in [1.29, 1.82) is 0 Å². The number of aromatic nitrogens is 2. The summed E-state index contributed by atoms with van der Waals surface area (Å²) >= 11 is 5.98. The Hall–Kier alpha value is -3.12. The van der Waals surface area contributed by atoms with Gasteiger partial charge in [0.25, 0.3) is 5.91 Å². The smallest absolute Gasteiger partial charge is 0.275 e. The molecule has 0 saturated carbocycles. The van der Waals surface area contributed by atoms with E-state index in [1.807, 2.05) is 26.0 Å². The first-order valence-electron chi connectivity index (χ1n) is 8.27. The van der Waals surface area contributed by atoms with Crippen LogP contribution in [-0.2, 0) is 0 Å². The molecule has 0 aliphatic carbocycles. The summed E-state index contributed by atoms with van der Waals surface area (Å²) in [6, 6.07) is 11.1. The number of rotatable bonds is 5. The average molecular weight is 383 g/mol. The third-order valence-electron chi connectivity index (χ3n) is 3.94. The lowest BCUT2D eigenvalue weighted by Crippen LogP contribution is -2.15. The molecule has 3 rings (SSSR count). The predicted molar refractivity (Wildman–Crippen MR) is 107 cm³/mol. The van der Waals surface area contributed by atoms with Crippen LogP contribution in [0.25, 0.3) is 0 Å². The van der Waals surface area contributed by atoms with Crippen molar-refractivity contribution in [2.45, 2.75) is 13.8 Å². The van der Waals surface area contributed by atoms with Gasteiger partial charge >= 0.3 is 0 Å². The molecule has 2 aromatic carbocycles. The normalized spacial score (nSPS) is 10.4. The fourth-order valence-corrected chi connectivity index (χ4v) is 2.74. The van der Waals surface area contributed by atoms with Crippen molar-refractivity contribution in [1.82, 2.24) is 9.97 Å². The second kappa shape index (κ2) is 8.05. The molecule has 0 saturated heterocycles. The highest BCUT2D eigenvalue weighted by Crippen LogP contribution is 2.28. The van der Waals surface area contributed by atoms with Crippen LogP contribution in [0.2, 0.25) is 5.02 Å². The molecule has 6 nitrogen and oxygen atoms in total. The van der Waals surface area contributed by atoms with Crippen molar-refractivity contribution in [2.75, 3.05) is 17.7 Å². The second-order valence-corrected chi connectivity index (χ2v) is 6.47. The van der Waals surface area contributed by atoms with E-state index in [-0.39, 0.29) is 5.69 Å². The van der Waals surface area contributed by atoms with E-state index in [0.29, 0.717) is 22.3 Å². The molecule has 0 spiro atoms. The number of ether oxygens (including phenoxy) is 1. The number of hydrogen-bond acceptors (Lipinski definition) is 5. The molecule has 0 radical (unpaired) electrons. The lowest BCUT2D eigenvalue weighted by molar-refractivity contribution is 0.102. The zero-order chi connectivity index (χ0) is 19.4. The van der Waals surface area contributed by atoms with Crippen LogP contribution in [0, 0.1) is 13.8 Å². The van der Waals surface area contributed by atoms with Crippen LogP contribution in [0.4, 0.5) is 17.2 Å². The van der Waals surface area contributed by atoms with Crippen molar-refractivity contribution in [3.8, 4) is 5.75 Å². The number of methoxy groups -OCH3 is 1. The number of nitrogens with one attached hydrogen (secondary N) is 2. The van der Waals surface area contributed by atoms with Crippen molar-refractivity contribution < 1.29 is 9.53 Å². The Labute approximate surface area is 162 Å². The summed E-state index contributed by atoms with van der Waals surface area (Å²) in [6.45, 7) is 4.06. The first kappa shape index (κ1) is 18.7. The molecule has 1 aromatic heterocycles. The molecule has 3 aromatic rings. The van der Waals surface area contributed by atoms with Crippen LogP contribution < -0.4 is 15.4 Å². The summed E-state index contributed by atoms with van der Waals surface area (Å²) in [7, 11) is 1.52. The standard InChI is InChI=1S/C20H19ClN4O2/c1-12-4-6-15(13(2)8-12)24-19-11-22-17(10-23-19)20(26)25-16-9-14(21)5-7-18(16)27-3/h4-11H,1-3H3,(H,23,24)(H,25,26). The molecule has 0 unspecified atom stereocenters. The van der Waals surface area contributed by atoms with E-state index in [1.54, 1.807) is 18.2 Å². The van der Waals surface area contributed by atoms with Crippen molar-refractivity contribution >= 4 is 34.7 Å². The minimum absolute atomic E-state index is 0.184. The number of hydrogen-bond donors (Lipinski definition) is 2. The average Bonchev–Trinajstić information content (AvgIpc) is 2.65. The van der Waals surface area contributed by atoms with Gasteiger partial charge in [0.15, 0.2) is 0 Å². The van der Waals surface area contributed by atoms with Gasteiger partial charge in [0.05, 0.1) is 25.2 Å². The van der Waals surface area contributed by atoms with Crippen molar-refractivity contribution in [3.63, 3.8) is 0 Å². The number of aryl methyl sites for hydroxylation is 2. The van der Waals surface area contributed by atoms with Gasteiger partial charge in [-0.05, 0) is 43.7 Å². The van der Waals surface area contributed by atoms with Crippen LogP contribution in [-0.4, -0.2) is 23.0 Å². The van der Waals surface area contributed by atoms with E-state index >= 15 is 0 Å². The minimum atomic E-state index is -0.402. The molecule has 0 fully saturated rings. The number of carbonyl (C=O) groups is 1. The van der Waals surface area contributed by atoms with E-state index in [1.165, 1.54) is 25.1 Å². The van der Waals surface area contributed by atoms with Gasteiger partial charge < -0.3 is 15.4 Å². The van der Waals surface area contributed by atoms with Crippen LogP contribution in [0.3, 0.4) is 0 Å². The molecule has 0 atom stereocenters. The molecular formula is C20H19ClN4O2. The van der Waals surface area contributed by atoms with Crippen molar-refractivity contribution in [2.24, 2.45) is 0 Å². The quantitative estimate of drug-likeness (QED) is 0.665. The zero-order valence-corrected chi connectivity index (χ0v) is 16.0. The van der Waals surface area contributed by atoms with Crippen LogP contribution in [0.5, 0.6) is 5.75 Å². The first-order chi connectivity index (χ1) is 13.0. The lowest BCUT2D eigenvalue weighted by atomic mass is 10.1. The maximum atomic E-state index is 12.4. The largest absolute Gasteiger partial charge is 0.495 e. The number of nitrogens with zero attached hydrogens (tertiary/aromatic N) is 2. The van der Waals surface area contributed by atoms with Crippen molar-refractivity contribution in [3.05, 3.63) is 70.6 Å². The van der Waals surface area contributed by atoms with Gasteiger partial charge in [-0.1, -0.05) is 29.3 Å². The molecule has 0 aliphatic heterocycles. The number of carbonyl (C=O) groups excluding carboxylic acids is 1. The highest BCUT2D eigenvalue weighted by Gasteiger charge is 2.12. The van der Waals surface area contributed by atoms with Gasteiger partial charge in [-0.25, -0.2) is 9.97 Å². The molecule has 0 aliphatic rings. The van der Waals surface area contributed by atoms with E-state index in [4.69, 9.17) is 16.3 Å². The second-order valence-electron chi connectivity index (χ2n) is 6.03. The molecule has 1 amide bonds. The minimum Gasteiger partial charge on any atom is -0.495 e. The van der Waals surface area contributed by atoms with Crippen LogP contribution in [0.1, 0.15) is 21.6 Å². The van der Waals surface area contributed by atoms with Gasteiger partial charge in [-0.2, -0.15) is 0 Å². The number of amides is 1. The molecule has 2 N–H and O–H groups in total. The number of benzene rings is 2. The summed E-state index contributed by atoms with van der Waals surface area (Å²) in [5, 5.41) is 6.42. The Kier molecular flexibility index (Phi) is 5.57. The third kappa shape index (κ3) is 4.54. The van der Waals surface area contributed by atoms with E-state index in [2.05, 4.69) is 26.7 Å². The Morgan fingerprint density at radius 2 is 1.85 bits per heavy atom. The monoisotopic (exact) mass is 382 g/mol. The first-order valence-corrected chi connectivity index (χ1v) is 8.65. The Morgan fingerprint density at radius 1 is 1.04 bits per heavy atom. The zero-order valence-electron chi connectivity index (χ0n) is 15.2. The highest BCUT2D eigenvalue weighted by molar-refractivity contribution is 6.31. The van der Waals surface area contributed by atoms with E-state index < -0.39 is 5.91 Å². The van der Waals surface area contributed by atoms with E-state index in [0.717, 1.165) is 11.3 Å². The molecular weight excluding hydrogens is 364 g/mol. The summed E-state index contributed by atoms with van der Waals surface area (Å²) in [5.74, 6) is 0.661. The maximum absolute atomic E-state index is 12.4. The van der Waals surface area contributed by atoms with Gasteiger partial charge in [-0.15, -0.1) is 0 Å².